The van der Waals surface area contributed by atoms with Crippen LogP contribution in [0.5, 0.6) is 0 Å². The van der Waals surface area contributed by atoms with Gasteiger partial charge in [0.2, 0.25) is 23.6 Å². The minimum Gasteiger partial charge on any atom is -0.443 e. The van der Waals surface area contributed by atoms with Crippen molar-refractivity contribution >= 4 is 51.7 Å². The number of hydrogen-bond donors (Lipinski definition) is 0. The van der Waals surface area contributed by atoms with Crippen LogP contribution in [0.1, 0.15) is 95.8 Å². The largest absolute Gasteiger partial charge is 0.443 e. The molecule has 2 fully saturated rings. The van der Waals surface area contributed by atoms with Crippen LogP contribution in [0.2, 0.25) is 0 Å². The van der Waals surface area contributed by atoms with Crippen LogP contribution in [0.25, 0.3) is 0 Å². The van der Waals surface area contributed by atoms with Crippen molar-refractivity contribution in [3.8, 4) is 12.3 Å². The molecule has 0 bridgehead atoms. The average Bonchev–Trinajstić information content (AvgIpc) is 2.92. The predicted molar refractivity (Wildman–Crippen MR) is 169 cm³/mol. The van der Waals surface area contributed by atoms with E-state index in [0.29, 0.717) is 28.2 Å². The van der Waals surface area contributed by atoms with Gasteiger partial charge in [0.15, 0.2) is 0 Å². The molecular formula is C34H37BrN2O8. The molecule has 0 N–H and O–H groups in total. The van der Waals surface area contributed by atoms with Crippen LogP contribution in [0.4, 0.5) is 9.59 Å². The maximum Gasteiger partial charge on any atom is 0.424 e. The number of ether oxygens (including phenoxy) is 2. The number of rotatable bonds is 2. The van der Waals surface area contributed by atoms with Crippen LogP contribution in [0.3, 0.4) is 0 Å². The number of hydrogen-bond acceptors (Lipinski definition) is 8. The molecule has 2 atom stereocenters. The summed E-state index contributed by atoms with van der Waals surface area (Å²) < 4.78 is 11.2. The molecule has 0 aliphatic carbocycles. The Bertz CT molecular complexity index is 1510. The van der Waals surface area contributed by atoms with Crippen LogP contribution >= 0.6 is 15.9 Å². The molecule has 45 heavy (non-hydrogen) atoms. The molecule has 0 radical (unpaired) electrons. The van der Waals surface area contributed by atoms with Gasteiger partial charge in [-0.3, -0.25) is 19.2 Å². The van der Waals surface area contributed by atoms with Crippen LogP contribution in [-0.2, 0) is 28.7 Å². The van der Waals surface area contributed by atoms with Gasteiger partial charge in [0.05, 0.1) is 11.8 Å². The molecule has 2 unspecified atom stereocenters. The summed E-state index contributed by atoms with van der Waals surface area (Å²) in [6, 6.07) is 14.3. The van der Waals surface area contributed by atoms with Gasteiger partial charge in [0, 0.05) is 22.9 Å². The second kappa shape index (κ2) is 14.2. The average molecular weight is 682 g/mol. The fourth-order valence-corrected chi connectivity index (χ4v) is 4.95. The lowest BCUT2D eigenvalue weighted by Gasteiger charge is -2.31. The summed E-state index contributed by atoms with van der Waals surface area (Å²) in [5.74, 6) is -0.652. The van der Waals surface area contributed by atoms with E-state index in [1.165, 1.54) is 0 Å². The van der Waals surface area contributed by atoms with E-state index in [1.807, 2.05) is 24.3 Å². The van der Waals surface area contributed by atoms with Gasteiger partial charge in [-0.05, 0) is 89.8 Å². The van der Waals surface area contributed by atoms with Crippen LogP contribution in [0, 0.1) is 12.3 Å². The fraction of sp³-hybridized carbons (Fsp3) is 0.412. The number of amides is 6. The van der Waals surface area contributed by atoms with Gasteiger partial charge in [-0.2, -0.15) is 9.80 Å². The fourth-order valence-electron chi connectivity index (χ4n) is 4.69. The van der Waals surface area contributed by atoms with E-state index >= 15 is 0 Å². The number of piperidine rings is 2. The van der Waals surface area contributed by atoms with Gasteiger partial charge in [-0.25, -0.2) is 9.59 Å². The van der Waals surface area contributed by atoms with Crippen molar-refractivity contribution in [2.45, 2.75) is 90.3 Å². The highest BCUT2D eigenvalue weighted by molar-refractivity contribution is 9.10. The first-order chi connectivity index (χ1) is 20.9. The van der Waals surface area contributed by atoms with E-state index in [-0.39, 0.29) is 12.8 Å². The molecule has 2 heterocycles. The first kappa shape index (κ1) is 35.2. The van der Waals surface area contributed by atoms with E-state index < -0.39 is 58.9 Å². The smallest absolute Gasteiger partial charge is 0.424 e. The molecule has 2 aromatic rings. The van der Waals surface area contributed by atoms with Crippen molar-refractivity contribution < 1.29 is 38.2 Å². The summed E-state index contributed by atoms with van der Waals surface area (Å²) in [6.45, 7) is 10.1. The first-order valence-corrected chi connectivity index (χ1v) is 15.2. The second-order valence-corrected chi connectivity index (χ2v) is 13.5. The molecule has 2 aromatic carbocycles. The van der Waals surface area contributed by atoms with Crippen molar-refractivity contribution in [3.63, 3.8) is 0 Å². The van der Waals surface area contributed by atoms with Gasteiger partial charge in [0.1, 0.15) is 11.2 Å². The highest BCUT2D eigenvalue weighted by atomic mass is 79.9. The number of benzene rings is 2. The monoisotopic (exact) mass is 680 g/mol. The zero-order valence-corrected chi connectivity index (χ0v) is 27.8. The number of terminal acetylenes is 1. The van der Waals surface area contributed by atoms with E-state index in [1.54, 1.807) is 65.8 Å². The second-order valence-electron chi connectivity index (χ2n) is 12.6. The van der Waals surface area contributed by atoms with Crippen molar-refractivity contribution in [1.29, 1.82) is 0 Å². The quantitative estimate of drug-likeness (QED) is 0.261. The lowest BCUT2D eigenvalue weighted by molar-refractivity contribution is -0.149. The Labute approximate surface area is 271 Å². The molecule has 10 nitrogen and oxygen atoms in total. The van der Waals surface area contributed by atoms with Crippen LogP contribution in [0.15, 0.2) is 53.0 Å². The number of halogens is 1. The van der Waals surface area contributed by atoms with Gasteiger partial charge in [-0.15, -0.1) is 6.42 Å². The number of nitrogens with zero attached hydrogens (tertiary/aromatic N) is 2. The van der Waals surface area contributed by atoms with E-state index in [9.17, 15) is 28.8 Å². The van der Waals surface area contributed by atoms with E-state index in [0.717, 1.165) is 15.6 Å². The lowest BCUT2D eigenvalue weighted by atomic mass is 9.89. The summed E-state index contributed by atoms with van der Waals surface area (Å²) in [5.41, 5.74) is 0.683. The SMILES string of the molecule is C#Cc1ccc(C2CCC(=O)N(C(=O)OC(C)(C)C)C2=O)cc1.CC(C)(C)OC(=O)N1C(=O)CCC(c2ccc(Br)cc2)C1=O. The first-order valence-electron chi connectivity index (χ1n) is 14.4. The zero-order chi connectivity index (χ0) is 33.7. The maximum atomic E-state index is 12.6. The number of likely N-dealkylation sites (tertiary alicyclic amines) is 2. The Morgan fingerprint density at radius 1 is 0.711 bits per heavy atom. The molecule has 0 spiro atoms. The van der Waals surface area contributed by atoms with E-state index in [2.05, 4.69) is 21.9 Å². The molecule has 2 saturated heterocycles. The molecule has 6 amide bonds. The molecule has 2 aliphatic heterocycles. The normalized spacial score (nSPS) is 18.9. The highest BCUT2D eigenvalue weighted by Crippen LogP contribution is 2.32. The van der Waals surface area contributed by atoms with E-state index in [4.69, 9.17) is 15.9 Å². The third-order valence-corrected chi connectivity index (χ3v) is 7.26. The Morgan fingerprint density at radius 2 is 1.07 bits per heavy atom. The highest BCUT2D eigenvalue weighted by Gasteiger charge is 2.42. The minimum absolute atomic E-state index is 0.118. The molecule has 0 saturated carbocycles. The molecule has 238 valence electrons. The molecule has 0 aromatic heterocycles. The third kappa shape index (κ3) is 9.35. The number of imide groups is 6. The molecule has 2 aliphatic rings. The minimum atomic E-state index is -0.919. The Balaban J connectivity index is 0.000000246. The number of carbonyl (C=O) groups is 6. The summed E-state index contributed by atoms with van der Waals surface area (Å²) in [4.78, 5) is 74.6. The van der Waals surface area contributed by atoms with Gasteiger partial charge in [0.25, 0.3) is 0 Å². The van der Waals surface area contributed by atoms with Crippen LogP contribution in [-0.4, -0.2) is 56.8 Å². The summed E-state index contributed by atoms with van der Waals surface area (Å²) in [7, 11) is 0. The molecule has 4 rings (SSSR count). The van der Waals surface area contributed by atoms with Gasteiger partial charge >= 0.3 is 12.2 Å². The van der Waals surface area contributed by atoms with Crippen molar-refractivity contribution in [1.82, 2.24) is 9.80 Å². The van der Waals surface area contributed by atoms with Gasteiger partial charge in [-0.1, -0.05) is 46.1 Å². The summed E-state index contributed by atoms with van der Waals surface area (Å²) in [6.07, 6.45) is 4.53. The maximum absolute atomic E-state index is 12.6. The van der Waals surface area contributed by atoms with Gasteiger partial charge < -0.3 is 9.47 Å². The lowest BCUT2D eigenvalue weighted by Crippen LogP contribution is -2.49. The van der Waals surface area contributed by atoms with Crippen molar-refractivity contribution in [2.75, 3.05) is 0 Å². The predicted octanol–water partition coefficient (Wildman–Crippen LogP) is 6.45. The zero-order valence-electron chi connectivity index (χ0n) is 26.2. The standard InChI is InChI=1S/C18H19NO4.C16H18BrNO4/c1-5-12-6-8-13(9-7-12)14-10-11-15(20)19(16(14)21)17(22)23-18(2,3)4;1-16(2,3)22-15(21)18-13(19)9-8-12(14(18)20)10-4-6-11(17)7-5-10/h1,6-9,14H,10-11H2,2-4H3;4-7,12H,8-9H2,1-3H3. The Kier molecular flexibility index (Phi) is 11.1. The summed E-state index contributed by atoms with van der Waals surface area (Å²) in [5, 5.41) is 0. The van der Waals surface area contributed by atoms with Crippen molar-refractivity contribution in [3.05, 3.63) is 69.7 Å². The molecule has 11 heteroatoms. The number of carbonyl (C=O) groups excluding carboxylic acids is 6. The third-order valence-electron chi connectivity index (χ3n) is 6.73. The van der Waals surface area contributed by atoms with Crippen LogP contribution < -0.4 is 0 Å². The Morgan fingerprint density at radius 3 is 1.40 bits per heavy atom. The summed E-state index contributed by atoms with van der Waals surface area (Å²) >= 11 is 3.34. The van der Waals surface area contributed by atoms with Crippen molar-refractivity contribution in [2.24, 2.45) is 0 Å². The molecular weight excluding hydrogens is 644 g/mol. The Hall–Kier alpha value is -4.30. The topological polar surface area (TPSA) is 127 Å².